The topological polar surface area (TPSA) is 57.2 Å². The number of nitrogens with zero attached hydrogens (tertiary/aromatic N) is 5. The van der Waals surface area contributed by atoms with Gasteiger partial charge in [0.15, 0.2) is 11.4 Å². The van der Waals surface area contributed by atoms with Crippen molar-refractivity contribution < 1.29 is 4.74 Å². The first-order valence-electron chi connectivity index (χ1n) is 4.87. The Hall–Kier alpha value is -1.64. The van der Waals surface area contributed by atoms with Crippen LogP contribution < -0.4 is 4.74 Å². The molecular formula is C10H8IN5O. The van der Waals surface area contributed by atoms with Crippen molar-refractivity contribution in [1.82, 2.24) is 24.4 Å². The number of ether oxygens (including phenoxy) is 1. The van der Waals surface area contributed by atoms with E-state index in [1.165, 1.54) is 0 Å². The quantitative estimate of drug-likeness (QED) is 0.524. The summed E-state index contributed by atoms with van der Waals surface area (Å²) in [6.45, 7) is 0. The monoisotopic (exact) mass is 341 g/mol. The number of halogens is 1. The molecule has 86 valence electrons. The lowest BCUT2D eigenvalue weighted by atomic mass is 10.5. The SMILES string of the molecule is COc1cnn(-c2cnn3ccc(I)nc23)c1. The van der Waals surface area contributed by atoms with Crippen LogP contribution in [-0.4, -0.2) is 31.5 Å². The van der Waals surface area contributed by atoms with Crippen LogP contribution in [0.3, 0.4) is 0 Å². The maximum atomic E-state index is 5.10. The lowest BCUT2D eigenvalue weighted by molar-refractivity contribution is 0.414. The highest BCUT2D eigenvalue weighted by Gasteiger charge is 2.09. The predicted molar refractivity (Wildman–Crippen MR) is 69.4 cm³/mol. The molecule has 3 rings (SSSR count). The van der Waals surface area contributed by atoms with Crippen molar-refractivity contribution in [1.29, 1.82) is 0 Å². The summed E-state index contributed by atoms with van der Waals surface area (Å²) >= 11 is 2.17. The third-order valence-electron chi connectivity index (χ3n) is 2.36. The Morgan fingerprint density at radius 1 is 1.29 bits per heavy atom. The molecule has 7 heteroatoms. The maximum Gasteiger partial charge on any atom is 0.182 e. The highest BCUT2D eigenvalue weighted by molar-refractivity contribution is 14.1. The summed E-state index contributed by atoms with van der Waals surface area (Å²) in [5, 5.41) is 8.43. The minimum absolute atomic E-state index is 0.704. The fourth-order valence-electron chi connectivity index (χ4n) is 1.54. The van der Waals surface area contributed by atoms with Gasteiger partial charge in [-0.1, -0.05) is 0 Å². The van der Waals surface area contributed by atoms with E-state index in [1.54, 1.807) is 34.9 Å². The van der Waals surface area contributed by atoms with Gasteiger partial charge < -0.3 is 4.74 Å². The van der Waals surface area contributed by atoms with Crippen LogP contribution in [-0.2, 0) is 0 Å². The number of rotatable bonds is 2. The molecule has 0 saturated carbocycles. The molecule has 0 aromatic carbocycles. The van der Waals surface area contributed by atoms with Crippen LogP contribution in [0.5, 0.6) is 5.75 Å². The zero-order valence-electron chi connectivity index (χ0n) is 8.91. The number of methoxy groups -OCH3 is 1. The standard InChI is InChI=1S/C10H8IN5O/c1-17-7-4-12-16(6-7)8-5-13-15-3-2-9(11)14-10(8)15/h2-6H,1H3. The smallest absolute Gasteiger partial charge is 0.182 e. The van der Waals surface area contributed by atoms with Crippen molar-refractivity contribution in [2.45, 2.75) is 0 Å². The van der Waals surface area contributed by atoms with E-state index in [4.69, 9.17) is 4.74 Å². The van der Waals surface area contributed by atoms with E-state index in [9.17, 15) is 0 Å². The van der Waals surface area contributed by atoms with Gasteiger partial charge in [-0.2, -0.15) is 10.2 Å². The zero-order chi connectivity index (χ0) is 11.8. The van der Waals surface area contributed by atoms with Crippen molar-refractivity contribution >= 4 is 28.2 Å². The van der Waals surface area contributed by atoms with Crippen LogP contribution in [0.15, 0.2) is 30.9 Å². The molecule has 3 aromatic rings. The average molecular weight is 341 g/mol. The number of hydrogen-bond acceptors (Lipinski definition) is 4. The second kappa shape index (κ2) is 3.99. The highest BCUT2D eigenvalue weighted by Crippen LogP contribution is 2.17. The molecule has 0 saturated heterocycles. The first kappa shape index (κ1) is 10.5. The van der Waals surface area contributed by atoms with E-state index in [-0.39, 0.29) is 0 Å². The van der Waals surface area contributed by atoms with Crippen LogP contribution in [0.4, 0.5) is 0 Å². The van der Waals surface area contributed by atoms with Gasteiger partial charge in [-0.15, -0.1) is 0 Å². The minimum Gasteiger partial charge on any atom is -0.493 e. The van der Waals surface area contributed by atoms with Crippen molar-refractivity contribution in [3.8, 4) is 11.4 Å². The molecule has 6 nitrogen and oxygen atoms in total. The number of fused-ring (bicyclic) bond motifs is 1. The molecular weight excluding hydrogens is 333 g/mol. The molecule has 0 amide bonds. The molecule has 0 aliphatic heterocycles. The van der Waals surface area contributed by atoms with Crippen LogP contribution in [0, 0.1) is 3.70 Å². The number of hydrogen-bond donors (Lipinski definition) is 0. The van der Waals surface area contributed by atoms with E-state index >= 15 is 0 Å². The summed E-state index contributed by atoms with van der Waals surface area (Å²) in [6, 6.07) is 1.90. The summed E-state index contributed by atoms with van der Waals surface area (Å²) < 4.78 is 9.42. The Morgan fingerprint density at radius 2 is 2.18 bits per heavy atom. The van der Waals surface area contributed by atoms with Crippen molar-refractivity contribution in [3.05, 3.63) is 34.6 Å². The summed E-state index contributed by atoms with van der Waals surface area (Å²) in [7, 11) is 1.61. The fourth-order valence-corrected chi connectivity index (χ4v) is 1.93. The van der Waals surface area contributed by atoms with Crippen LogP contribution >= 0.6 is 22.6 Å². The molecule has 0 spiro atoms. The van der Waals surface area contributed by atoms with E-state index < -0.39 is 0 Å². The van der Waals surface area contributed by atoms with Gasteiger partial charge in [0.05, 0.1) is 25.7 Å². The Bertz CT molecular complexity index is 674. The second-order valence-electron chi connectivity index (χ2n) is 3.37. The fraction of sp³-hybridized carbons (Fsp3) is 0.100. The molecule has 0 fully saturated rings. The summed E-state index contributed by atoms with van der Waals surface area (Å²) in [6.07, 6.45) is 7.04. The minimum atomic E-state index is 0.704. The predicted octanol–water partition coefficient (Wildman–Crippen LogP) is 1.53. The van der Waals surface area contributed by atoms with Gasteiger partial charge in [0, 0.05) is 6.20 Å². The molecule has 17 heavy (non-hydrogen) atoms. The Labute approximate surface area is 110 Å². The van der Waals surface area contributed by atoms with Gasteiger partial charge in [-0.3, -0.25) is 0 Å². The van der Waals surface area contributed by atoms with Crippen molar-refractivity contribution in [2.24, 2.45) is 0 Å². The Morgan fingerprint density at radius 3 is 2.94 bits per heavy atom. The first-order valence-corrected chi connectivity index (χ1v) is 5.95. The zero-order valence-corrected chi connectivity index (χ0v) is 11.1. The van der Waals surface area contributed by atoms with Gasteiger partial charge in [-0.05, 0) is 28.7 Å². The average Bonchev–Trinajstić information content (AvgIpc) is 2.93. The summed E-state index contributed by atoms with van der Waals surface area (Å²) in [4.78, 5) is 4.43. The van der Waals surface area contributed by atoms with Crippen molar-refractivity contribution in [2.75, 3.05) is 7.11 Å². The highest BCUT2D eigenvalue weighted by atomic mass is 127. The van der Waals surface area contributed by atoms with Crippen LogP contribution in [0.25, 0.3) is 11.3 Å². The van der Waals surface area contributed by atoms with Crippen LogP contribution in [0.2, 0.25) is 0 Å². The van der Waals surface area contributed by atoms with E-state index in [1.807, 2.05) is 12.3 Å². The molecule has 0 unspecified atom stereocenters. The van der Waals surface area contributed by atoms with Gasteiger partial charge in [-0.25, -0.2) is 14.2 Å². The lowest BCUT2D eigenvalue weighted by Crippen LogP contribution is -1.97. The molecule has 0 radical (unpaired) electrons. The normalized spacial score (nSPS) is 10.9. The Kier molecular flexibility index (Phi) is 2.46. The van der Waals surface area contributed by atoms with E-state index in [2.05, 4.69) is 37.8 Å². The maximum absolute atomic E-state index is 5.10. The Balaban J connectivity index is 2.19. The third-order valence-corrected chi connectivity index (χ3v) is 2.96. The first-order chi connectivity index (χ1) is 8.28. The summed E-state index contributed by atoms with van der Waals surface area (Å²) in [5.74, 6) is 0.704. The molecule has 0 N–H and O–H groups in total. The van der Waals surface area contributed by atoms with Gasteiger partial charge in [0.25, 0.3) is 0 Å². The van der Waals surface area contributed by atoms with Crippen LogP contribution in [0.1, 0.15) is 0 Å². The largest absolute Gasteiger partial charge is 0.493 e. The lowest BCUT2D eigenvalue weighted by Gasteiger charge is -1.98. The van der Waals surface area contributed by atoms with Gasteiger partial charge in [0.1, 0.15) is 9.39 Å². The van der Waals surface area contributed by atoms with E-state index in [0.717, 1.165) is 15.0 Å². The van der Waals surface area contributed by atoms with Crippen molar-refractivity contribution in [3.63, 3.8) is 0 Å². The molecule has 0 bridgehead atoms. The molecule has 3 heterocycles. The molecule has 0 aliphatic rings. The molecule has 0 atom stereocenters. The van der Waals surface area contributed by atoms with E-state index in [0.29, 0.717) is 5.75 Å². The molecule has 3 aromatic heterocycles. The van der Waals surface area contributed by atoms with Gasteiger partial charge in [0.2, 0.25) is 0 Å². The number of aromatic nitrogens is 5. The second-order valence-corrected chi connectivity index (χ2v) is 4.48. The third kappa shape index (κ3) is 1.75. The molecule has 0 aliphatic carbocycles. The summed E-state index contributed by atoms with van der Waals surface area (Å²) in [5.41, 5.74) is 1.59. The van der Waals surface area contributed by atoms with Gasteiger partial charge >= 0.3 is 0 Å².